The Labute approximate surface area is 179 Å². The van der Waals surface area contributed by atoms with E-state index in [1.54, 1.807) is 33.7 Å². The number of amides is 2. The van der Waals surface area contributed by atoms with Gasteiger partial charge in [0, 0.05) is 23.8 Å². The summed E-state index contributed by atoms with van der Waals surface area (Å²) in [7, 11) is 0. The van der Waals surface area contributed by atoms with Crippen molar-refractivity contribution in [2.45, 2.75) is 39.8 Å². The molecule has 0 spiro atoms. The van der Waals surface area contributed by atoms with Gasteiger partial charge in [0.25, 0.3) is 5.56 Å². The minimum atomic E-state index is -0.480. The number of anilines is 1. The number of carbonyl (C=O) groups excluding carboxylic acids is 1. The normalized spacial score (nSPS) is 12.0. The van der Waals surface area contributed by atoms with Gasteiger partial charge in [-0.15, -0.1) is 0 Å². The Morgan fingerprint density at radius 2 is 2.03 bits per heavy atom. The maximum Gasteiger partial charge on any atom is 0.322 e. The van der Waals surface area contributed by atoms with Gasteiger partial charge in [0.15, 0.2) is 0 Å². The van der Waals surface area contributed by atoms with Gasteiger partial charge in [0.05, 0.1) is 16.9 Å². The molecule has 2 aromatic carbocycles. The van der Waals surface area contributed by atoms with Crippen molar-refractivity contribution >= 4 is 34.2 Å². The first-order valence-corrected chi connectivity index (χ1v) is 10.3. The molecule has 0 fully saturated rings. The molecule has 0 radical (unpaired) electrons. The molecule has 1 aromatic heterocycles. The number of aromatic nitrogens is 2. The molecule has 2 amide bonds. The molecule has 6 nitrogen and oxygen atoms in total. The van der Waals surface area contributed by atoms with Crippen LogP contribution >= 0.6 is 11.6 Å². The lowest BCUT2D eigenvalue weighted by Gasteiger charge is -2.30. The lowest BCUT2D eigenvalue weighted by Crippen LogP contribution is -2.40. The van der Waals surface area contributed by atoms with Crippen molar-refractivity contribution in [1.29, 1.82) is 0 Å². The summed E-state index contributed by atoms with van der Waals surface area (Å²) in [4.78, 5) is 32.3. The van der Waals surface area contributed by atoms with Crippen LogP contribution in [0.15, 0.2) is 47.3 Å². The van der Waals surface area contributed by atoms with Crippen molar-refractivity contribution < 1.29 is 9.18 Å². The molecule has 30 heavy (non-hydrogen) atoms. The number of halogens is 2. The smallest absolute Gasteiger partial charge is 0.315 e. The minimum Gasteiger partial charge on any atom is -0.315 e. The van der Waals surface area contributed by atoms with Crippen LogP contribution in [0.2, 0.25) is 5.02 Å². The highest BCUT2D eigenvalue weighted by atomic mass is 35.5. The summed E-state index contributed by atoms with van der Waals surface area (Å²) in [6.45, 7) is 6.49. The Morgan fingerprint density at radius 3 is 2.70 bits per heavy atom. The van der Waals surface area contributed by atoms with Crippen molar-refractivity contribution in [2.24, 2.45) is 0 Å². The van der Waals surface area contributed by atoms with Crippen molar-refractivity contribution in [3.63, 3.8) is 0 Å². The zero-order chi connectivity index (χ0) is 21.8. The van der Waals surface area contributed by atoms with Crippen LogP contribution in [0.4, 0.5) is 14.9 Å². The zero-order valence-electron chi connectivity index (χ0n) is 17.2. The Hall–Kier alpha value is -2.93. The number of rotatable bonds is 6. The maximum absolute atomic E-state index is 13.5. The molecule has 0 saturated carbocycles. The molecule has 1 atom stereocenters. The van der Waals surface area contributed by atoms with Gasteiger partial charge in [0.1, 0.15) is 11.6 Å². The van der Waals surface area contributed by atoms with E-state index >= 15 is 0 Å². The van der Waals surface area contributed by atoms with Gasteiger partial charge in [-0.05, 0) is 56.7 Å². The van der Waals surface area contributed by atoms with E-state index in [9.17, 15) is 14.0 Å². The largest absolute Gasteiger partial charge is 0.322 e. The number of hydrogen-bond donors (Lipinski definition) is 1. The van der Waals surface area contributed by atoms with Crippen LogP contribution in [0.3, 0.4) is 0 Å². The summed E-state index contributed by atoms with van der Waals surface area (Å²) in [5, 5.41) is 3.63. The molecule has 8 heteroatoms. The molecular weight excluding hydrogens is 407 g/mol. The number of carbonyl (C=O) groups is 1. The lowest BCUT2D eigenvalue weighted by atomic mass is 10.2. The predicted octanol–water partition coefficient (Wildman–Crippen LogP) is 5.21. The highest BCUT2D eigenvalue weighted by Crippen LogP contribution is 2.23. The van der Waals surface area contributed by atoms with Gasteiger partial charge < -0.3 is 10.2 Å². The van der Waals surface area contributed by atoms with E-state index in [2.05, 4.69) is 10.3 Å². The predicted molar refractivity (Wildman–Crippen MR) is 118 cm³/mol. The third-order valence-electron chi connectivity index (χ3n) is 4.90. The number of hydrogen-bond acceptors (Lipinski definition) is 3. The molecule has 0 aliphatic heterocycles. The zero-order valence-corrected chi connectivity index (χ0v) is 17.9. The summed E-state index contributed by atoms with van der Waals surface area (Å²) in [6.07, 6.45) is 0.709. The van der Waals surface area contributed by atoms with Crippen molar-refractivity contribution in [3.8, 4) is 0 Å². The molecule has 3 rings (SSSR count). The molecule has 0 bridgehead atoms. The van der Waals surface area contributed by atoms with Gasteiger partial charge in [-0.3, -0.25) is 9.36 Å². The highest BCUT2D eigenvalue weighted by molar-refractivity contribution is 6.31. The van der Waals surface area contributed by atoms with E-state index in [-0.39, 0.29) is 11.6 Å². The number of fused-ring (bicyclic) bond motifs is 1. The van der Waals surface area contributed by atoms with Crippen LogP contribution in [0.5, 0.6) is 0 Å². The number of nitrogens with zero attached hydrogens (tertiary/aromatic N) is 3. The Kier molecular flexibility index (Phi) is 6.72. The van der Waals surface area contributed by atoms with Gasteiger partial charge in [-0.25, -0.2) is 14.2 Å². The monoisotopic (exact) mass is 430 g/mol. The molecule has 158 valence electrons. The van der Waals surface area contributed by atoms with E-state index in [4.69, 9.17) is 11.6 Å². The summed E-state index contributed by atoms with van der Waals surface area (Å²) in [5.41, 5.74) is 0.689. The fourth-order valence-corrected chi connectivity index (χ4v) is 3.62. The first kappa shape index (κ1) is 21.8. The molecular formula is C22H24ClFN4O2. The van der Waals surface area contributed by atoms with Crippen molar-refractivity contribution in [2.75, 3.05) is 11.9 Å². The Bertz CT molecular complexity index is 1130. The standard InChI is InChI=1S/C22H24ClFN4O2/c1-4-11-28(22(30)25-17-8-6-7-16(24)13-17)14(3)20-26-19-10-9-15(23)12-18(19)21(29)27(20)5-2/h6-10,12-14H,4-5,11H2,1-3H3,(H,25,30). The van der Waals surface area contributed by atoms with Crippen LogP contribution < -0.4 is 10.9 Å². The van der Waals surface area contributed by atoms with Crippen molar-refractivity contribution in [3.05, 3.63) is 69.5 Å². The number of urea groups is 1. The average molecular weight is 431 g/mol. The summed E-state index contributed by atoms with van der Waals surface area (Å²) in [5.74, 6) is 0.0535. The van der Waals surface area contributed by atoms with Crippen LogP contribution in [-0.4, -0.2) is 27.0 Å². The average Bonchev–Trinajstić information content (AvgIpc) is 2.71. The highest BCUT2D eigenvalue weighted by Gasteiger charge is 2.25. The summed E-state index contributed by atoms with van der Waals surface area (Å²) < 4.78 is 15.0. The van der Waals surface area contributed by atoms with E-state index in [1.807, 2.05) is 20.8 Å². The Balaban J connectivity index is 2.01. The second-order valence-electron chi connectivity index (χ2n) is 6.99. The fourth-order valence-electron chi connectivity index (χ4n) is 3.45. The van der Waals surface area contributed by atoms with E-state index in [0.29, 0.717) is 46.9 Å². The van der Waals surface area contributed by atoms with E-state index < -0.39 is 11.9 Å². The third-order valence-corrected chi connectivity index (χ3v) is 5.14. The molecule has 1 heterocycles. The second-order valence-corrected chi connectivity index (χ2v) is 7.43. The van der Waals surface area contributed by atoms with Crippen LogP contribution in [0, 0.1) is 5.82 Å². The van der Waals surface area contributed by atoms with Crippen molar-refractivity contribution in [1.82, 2.24) is 14.5 Å². The maximum atomic E-state index is 13.5. The molecule has 1 unspecified atom stereocenters. The van der Waals surface area contributed by atoms with Crippen LogP contribution in [0.1, 0.15) is 39.1 Å². The van der Waals surface area contributed by atoms with E-state index in [1.165, 1.54) is 18.2 Å². The molecule has 3 aromatic rings. The molecule has 0 aliphatic rings. The minimum absolute atomic E-state index is 0.200. The fraction of sp³-hybridized carbons (Fsp3) is 0.318. The second kappa shape index (κ2) is 9.26. The number of benzene rings is 2. The summed E-state index contributed by atoms with van der Waals surface area (Å²) >= 11 is 6.05. The van der Waals surface area contributed by atoms with Crippen LogP contribution in [0.25, 0.3) is 10.9 Å². The Morgan fingerprint density at radius 1 is 1.27 bits per heavy atom. The molecule has 0 aliphatic carbocycles. The SMILES string of the molecule is CCCN(C(=O)Nc1cccc(F)c1)C(C)c1nc2ccc(Cl)cc2c(=O)n1CC. The van der Waals surface area contributed by atoms with Crippen LogP contribution in [-0.2, 0) is 6.54 Å². The first-order valence-electron chi connectivity index (χ1n) is 9.88. The van der Waals surface area contributed by atoms with Gasteiger partial charge in [-0.2, -0.15) is 0 Å². The third kappa shape index (κ3) is 4.46. The molecule has 0 saturated heterocycles. The van der Waals surface area contributed by atoms with E-state index in [0.717, 1.165) is 0 Å². The van der Waals surface area contributed by atoms with Gasteiger partial charge >= 0.3 is 6.03 Å². The first-order chi connectivity index (χ1) is 14.3. The summed E-state index contributed by atoms with van der Waals surface area (Å²) in [6, 6.07) is 9.84. The van der Waals surface area contributed by atoms with Gasteiger partial charge in [0.2, 0.25) is 0 Å². The quantitative estimate of drug-likeness (QED) is 0.583. The molecule has 1 N–H and O–H groups in total. The number of nitrogens with one attached hydrogen (secondary N) is 1. The van der Waals surface area contributed by atoms with Gasteiger partial charge in [-0.1, -0.05) is 24.6 Å². The topological polar surface area (TPSA) is 67.2 Å². The lowest BCUT2D eigenvalue weighted by molar-refractivity contribution is 0.188.